The molecule has 7 heteroatoms. The van der Waals surface area contributed by atoms with Crippen LogP contribution in [0.3, 0.4) is 0 Å². The van der Waals surface area contributed by atoms with E-state index in [2.05, 4.69) is 24.3 Å². The standard InChI is InChI=1S/C26H23Cl2NO4/c1-29(24(26(31)15-33-26)13-16-10-11-22(27)23(28)12-16)25(30)32-14-21-19-8-4-2-6-17(19)18-7-3-5-9-20(18)21/h2-12,21,24,31H,13-15H2,1H3. The number of ether oxygens (including phenoxy) is 2. The number of benzene rings is 3. The van der Waals surface area contributed by atoms with E-state index in [4.69, 9.17) is 32.7 Å². The zero-order valence-electron chi connectivity index (χ0n) is 18.0. The van der Waals surface area contributed by atoms with Crippen molar-refractivity contribution in [1.29, 1.82) is 0 Å². The van der Waals surface area contributed by atoms with Crippen LogP contribution in [-0.2, 0) is 15.9 Å². The zero-order chi connectivity index (χ0) is 23.2. The van der Waals surface area contributed by atoms with Gasteiger partial charge in [-0.25, -0.2) is 4.79 Å². The third kappa shape index (κ3) is 4.22. The molecule has 0 radical (unpaired) electrons. The summed E-state index contributed by atoms with van der Waals surface area (Å²) in [4.78, 5) is 14.4. The highest BCUT2D eigenvalue weighted by Gasteiger charge is 2.53. The molecule has 170 valence electrons. The van der Waals surface area contributed by atoms with Gasteiger partial charge in [0, 0.05) is 13.0 Å². The summed E-state index contributed by atoms with van der Waals surface area (Å²) in [6, 6.07) is 21.0. The number of aliphatic hydroxyl groups is 1. The number of hydrogen-bond donors (Lipinski definition) is 1. The van der Waals surface area contributed by atoms with Crippen LogP contribution in [0.2, 0.25) is 10.0 Å². The summed E-state index contributed by atoms with van der Waals surface area (Å²) in [5, 5.41) is 11.6. The summed E-state index contributed by atoms with van der Waals surface area (Å²) in [7, 11) is 1.61. The fourth-order valence-corrected chi connectivity index (χ4v) is 4.90. The lowest BCUT2D eigenvalue weighted by atomic mass is 9.98. The van der Waals surface area contributed by atoms with E-state index in [0.29, 0.717) is 16.5 Å². The number of hydrogen-bond acceptors (Lipinski definition) is 4. The maximum absolute atomic E-state index is 13.0. The third-order valence-electron chi connectivity index (χ3n) is 6.47. The average molecular weight is 484 g/mol. The number of nitrogens with zero attached hydrogens (tertiary/aromatic N) is 1. The SMILES string of the molecule is CN(C(=O)OCC1c2ccccc2-c2ccccc21)C(Cc1ccc(Cl)c(Cl)c1)C1(O)CO1. The van der Waals surface area contributed by atoms with Crippen molar-refractivity contribution in [2.75, 3.05) is 20.3 Å². The van der Waals surface area contributed by atoms with Crippen LogP contribution in [0, 0.1) is 0 Å². The second-order valence-corrected chi connectivity index (χ2v) is 9.33. The summed E-state index contributed by atoms with van der Waals surface area (Å²) >= 11 is 12.2. The molecule has 1 aliphatic carbocycles. The largest absolute Gasteiger partial charge is 0.448 e. The minimum absolute atomic E-state index is 0.0384. The maximum atomic E-state index is 13.0. The van der Waals surface area contributed by atoms with E-state index in [9.17, 15) is 9.90 Å². The Morgan fingerprint density at radius 3 is 2.27 bits per heavy atom. The molecule has 1 fully saturated rings. The monoisotopic (exact) mass is 483 g/mol. The van der Waals surface area contributed by atoms with Gasteiger partial charge in [0.05, 0.1) is 16.1 Å². The molecule has 33 heavy (non-hydrogen) atoms. The number of epoxide rings is 1. The smallest absolute Gasteiger partial charge is 0.409 e. The Morgan fingerprint density at radius 1 is 1.09 bits per heavy atom. The molecule has 2 aliphatic rings. The minimum atomic E-state index is -1.41. The van der Waals surface area contributed by atoms with Crippen LogP contribution in [-0.4, -0.2) is 48.2 Å². The number of carbonyl (C=O) groups excluding carboxylic acids is 1. The van der Waals surface area contributed by atoms with Crippen LogP contribution in [0.15, 0.2) is 66.7 Å². The van der Waals surface area contributed by atoms with Crippen LogP contribution in [0.25, 0.3) is 11.1 Å². The Morgan fingerprint density at radius 2 is 1.70 bits per heavy atom. The highest BCUT2D eigenvalue weighted by atomic mass is 35.5. The molecule has 1 amide bonds. The Labute approximate surface area is 202 Å². The highest BCUT2D eigenvalue weighted by Crippen LogP contribution is 2.44. The number of likely N-dealkylation sites (N-methyl/N-ethyl adjacent to an activating group) is 1. The molecular formula is C26H23Cl2NO4. The first-order chi connectivity index (χ1) is 15.9. The summed E-state index contributed by atoms with van der Waals surface area (Å²) in [5.74, 6) is -1.45. The number of amides is 1. The van der Waals surface area contributed by atoms with Gasteiger partial charge < -0.3 is 19.5 Å². The minimum Gasteiger partial charge on any atom is -0.448 e. The molecule has 0 saturated carbocycles. The summed E-state index contributed by atoms with van der Waals surface area (Å²) in [5.41, 5.74) is 5.45. The van der Waals surface area contributed by atoms with Gasteiger partial charge in [0.1, 0.15) is 13.2 Å². The molecule has 5 nitrogen and oxygen atoms in total. The first-order valence-corrected chi connectivity index (χ1v) is 11.5. The quantitative estimate of drug-likeness (QED) is 0.469. The van der Waals surface area contributed by atoms with Gasteiger partial charge in [-0.05, 0) is 46.4 Å². The van der Waals surface area contributed by atoms with Crippen LogP contribution in [0.5, 0.6) is 0 Å². The number of halogens is 2. The van der Waals surface area contributed by atoms with Crippen molar-refractivity contribution in [3.8, 4) is 11.1 Å². The predicted octanol–water partition coefficient (Wildman–Crippen LogP) is 5.50. The van der Waals surface area contributed by atoms with Crippen LogP contribution < -0.4 is 0 Å². The zero-order valence-corrected chi connectivity index (χ0v) is 19.5. The van der Waals surface area contributed by atoms with Crippen molar-refractivity contribution in [2.24, 2.45) is 0 Å². The molecule has 0 aromatic heterocycles. The van der Waals surface area contributed by atoms with Gasteiger partial charge in [0.2, 0.25) is 5.79 Å². The molecule has 1 heterocycles. The fraction of sp³-hybridized carbons (Fsp3) is 0.269. The molecule has 0 spiro atoms. The Balaban J connectivity index is 1.32. The van der Waals surface area contributed by atoms with E-state index in [1.807, 2.05) is 30.3 Å². The number of fused-ring (bicyclic) bond motifs is 3. The van der Waals surface area contributed by atoms with Crippen LogP contribution in [0.1, 0.15) is 22.6 Å². The van der Waals surface area contributed by atoms with Crippen molar-refractivity contribution in [1.82, 2.24) is 4.90 Å². The van der Waals surface area contributed by atoms with Gasteiger partial charge in [-0.3, -0.25) is 0 Å². The van der Waals surface area contributed by atoms with Gasteiger partial charge in [-0.2, -0.15) is 0 Å². The lowest BCUT2D eigenvalue weighted by molar-refractivity contribution is -0.0365. The second kappa shape index (κ2) is 8.65. The maximum Gasteiger partial charge on any atom is 0.409 e. The number of carbonyl (C=O) groups is 1. The lowest BCUT2D eigenvalue weighted by Gasteiger charge is -2.30. The second-order valence-electron chi connectivity index (χ2n) is 8.52. The molecule has 1 saturated heterocycles. The summed E-state index contributed by atoms with van der Waals surface area (Å²) < 4.78 is 11.0. The fourth-order valence-electron chi connectivity index (χ4n) is 4.58. The van der Waals surface area contributed by atoms with Crippen LogP contribution >= 0.6 is 23.2 Å². The lowest BCUT2D eigenvalue weighted by Crippen LogP contribution is -2.48. The highest BCUT2D eigenvalue weighted by molar-refractivity contribution is 6.42. The van der Waals surface area contributed by atoms with Crippen molar-refractivity contribution in [3.63, 3.8) is 0 Å². The average Bonchev–Trinajstić information content (AvgIpc) is 3.49. The van der Waals surface area contributed by atoms with Crippen molar-refractivity contribution in [3.05, 3.63) is 93.5 Å². The van der Waals surface area contributed by atoms with Gasteiger partial charge >= 0.3 is 6.09 Å². The van der Waals surface area contributed by atoms with Gasteiger partial charge in [0.25, 0.3) is 0 Å². The Bertz CT molecular complexity index is 1160. The molecule has 2 atom stereocenters. The molecule has 1 aliphatic heterocycles. The molecular weight excluding hydrogens is 461 g/mol. The molecule has 5 rings (SSSR count). The Kier molecular flexibility index (Phi) is 5.83. The van der Waals surface area contributed by atoms with E-state index in [1.54, 1.807) is 19.2 Å². The van der Waals surface area contributed by atoms with E-state index in [1.165, 1.54) is 16.0 Å². The van der Waals surface area contributed by atoms with Crippen molar-refractivity contribution in [2.45, 2.75) is 24.2 Å². The molecule has 0 bridgehead atoms. The van der Waals surface area contributed by atoms with Gasteiger partial charge in [0.15, 0.2) is 0 Å². The first-order valence-electron chi connectivity index (χ1n) is 10.8. The summed E-state index contributed by atoms with van der Waals surface area (Å²) in [6.45, 7) is 0.357. The van der Waals surface area contributed by atoms with Crippen molar-refractivity contribution < 1.29 is 19.4 Å². The molecule has 2 unspecified atom stereocenters. The summed E-state index contributed by atoms with van der Waals surface area (Å²) in [6.07, 6.45) is -0.181. The van der Waals surface area contributed by atoms with E-state index in [-0.39, 0.29) is 19.1 Å². The topological polar surface area (TPSA) is 62.3 Å². The van der Waals surface area contributed by atoms with Crippen LogP contribution in [0.4, 0.5) is 4.79 Å². The van der Waals surface area contributed by atoms with E-state index >= 15 is 0 Å². The predicted molar refractivity (Wildman–Crippen MR) is 128 cm³/mol. The van der Waals surface area contributed by atoms with Crippen molar-refractivity contribution >= 4 is 29.3 Å². The van der Waals surface area contributed by atoms with E-state index < -0.39 is 17.9 Å². The third-order valence-corrected chi connectivity index (χ3v) is 7.20. The normalized spacial score (nSPS) is 19.5. The molecule has 3 aromatic carbocycles. The molecule has 1 N–H and O–H groups in total. The van der Waals surface area contributed by atoms with E-state index in [0.717, 1.165) is 16.7 Å². The number of rotatable bonds is 6. The first kappa shape index (κ1) is 22.2. The molecule has 3 aromatic rings. The van der Waals surface area contributed by atoms with Gasteiger partial charge in [-0.1, -0.05) is 77.8 Å². The van der Waals surface area contributed by atoms with Gasteiger partial charge in [-0.15, -0.1) is 0 Å². The Hall–Kier alpha value is -2.57.